The number of rotatable bonds is 5. The SMILES string of the molecule is O=C(O)C(O)C(O)C(O)[C@H](O)c1nc2ccc(C(F)(F)F)cc2[nH]1. The Kier molecular flexibility index (Phi) is 4.80. The molecule has 0 spiro atoms. The number of nitrogens with zero attached hydrogens (tertiary/aromatic N) is 1. The number of aromatic nitrogens is 2. The van der Waals surface area contributed by atoms with Crippen LogP contribution in [0.2, 0.25) is 0 Å². The van der Waals surface area contributed by atoms with E-state index < -0.39 is 47.9 Å². The molecule has 0 aliphatic rings. The molecule has 132 valence electrons. The number of carboxylic acid groups (broad SMARTS) is 1. The lowest BCUT2D eigenvalue weighted by atomic mass is 10.0. The number of aliphatic hydroxyl groups excluding tert-OH is 4. The van der Waals surface area contributed by atoms with Crippen molar-refractivity contribution in [1.82, 2.24) is 9.97 Å². The first kappa shape index (κ1) is 18.1. The number of aliphatic hydroxyl groups is 4. The van der Waals surface area contributed by atoms with E-state index in [1.807, 2.05) is 0 Å². The molecule has 6 N–H and O–H groups in total. The number of aliphatic carboxylic acids is 1. The minimum Gasteiger partial charge on any atom is -0.479 e. The summed E-state index contributed by atoms with van der Waals surface area (Å²) in [6.07, 6.45) is -13.3. The molecule has 11 heteroatoms. The number of H-pyrrole nitrogens is 1. The zero-order chi connectivity index (χ0) is 18.2. The van der Waals surface area contributed by atoms with Crippen LogP contribution in [0.3, 0.4) is 0 Å². The van der Waals surface area contributed by atoms with Gasteiger partial charge in [0.25, 0.3) is 0 Å². The van der Waals surface area contributed by atoms with Crippen molar-refractivity contribution in [3.8, 4) is 0 Å². The van der Waals surface area contributed by atoms with Gasteiger partial charge in [-0.15, -0.1) is 0 Å². The van der Waals surface area contributed by atoms with Gasteiger partial charge in [-0.1, -0.05) is 0 Å². The summed E-state index contributed by atoms with van der Waals surface area (Å²) < 4.78 is 37.9. The van der Waals surface area contributed by atoms with Crippen LogP contribution in [0.25, 0.3) is 11.0 Å². The lowest BCUT2D eigenvalue weighted by molar-refractivity contribution is -0.163. The van der Waals surface area contributed by atoms with Crippen molar-refractivity contribution in [2.24, 2.45) is 0 Å². The average Bonchev–Trinajstić information content (AvgIpc) is 2.93. The number of fused-ring (bicyclic) bond motifs is 1. The van der Waals surface area contributed by atoms with Gasteiger partial charge >= 0.3 is 12.1 Å². The molecule has 0 aliphatic carbocycles. The first-order valence-corrected chi connectivity index (χ1v) is 6.54. The molecule has 0 saturated heterocycles. The van der Waals surface area contributed by atoms with Crippen molar-refractivity contribution in [2.45, 2.75) is 30.6 Å². The van der Waals surface area contributed by atoms with Crippen molar-refractivity contribution in [2.75, 3.05) is 0 Å². The Morgan fingerprint density at radius 1 is 1.12 bits per heavy atom. The van der Waals surface area contributed by atoms with Crippen LogP contribution in [0.5, 0.6) is 0 Å². The van der Waals surface area contributed by atoms with Gasteiger partial charge in [0.2, 0.25) is 0 Å². The Labute approximate surface area is 131 Å². The number of benzene rings is 1. The molecule has 1 aromatic carbocycles. The van der Waals surface area contributed by atoms with Crippen LogP contribution in [-0.4, -0.2) is 59.8 Å². The van der Waals surface area contributed by atoms with E-state index in [2.05, 4.69) is 9.97 Å². The molecule has 0 fully saturated rings. The summed E-state index contributed by atoms with van der Waals surface area (Å²) in [6.45, 7) is 0. The highest BCUT2D eigenvalue weighted by molar-refractivity contribution is 5.76. The van der Waals surface area contributed by atoms with Gasteiger partial charge in [-0.05, 0) is 18.2 Å². The van der Waals surface area contributed by atoms with E-state index in [1.165, 1.54) is 0 Å². The zero-order valence-electron chi connectivity index (χ0n) is 11.8. The largest absolute Gasteiger partial charge is 0.479 e. The third-order valence-corrected chi connectivity index (χ3v) is 3.36. The molecule has 1 aromatic heterocycles. The van der Waals surface area contributed by atoms with Crippen molar-refractivity contribution in [1.29, 1.82) is 0 Å². The molecule has 0 aliphatic heterocycles. The van der Waals surface area contributed by atoms with E-state index in [0.717, 1.165) is 18.2 Å². The molecule has 0 amide bonds. The fourth-order valence-electron chi connectivity index (χ4n) is 2.03. The minimum absolute atomic E-state index is 0.0533. The molecule has 0 radical (unpaired) electrons. The van der Waals surface area contributed by atoms with Gasteiger partial charge in [0, 0.05) is 0 Å². The molecule has 1 heterocycles. The second kappa shape index (κ2) is 6.36. The van der Waals surface area contributed by atoms with Gasteiger partial charge in [-0.3, -0.25) is 0 Å². The summed E-state index contributed by atoms with van der Waals surface area (Å²) in [6, 6.07) is 2.56. The quantitative estimate of drug-likeness (QED) is 0.437. The summed E-state index contributed by atoms with van der Waals surface area (Å²) in [5.74, 6) is -2.22. The average molecular weight is 350 g/mol. The molecule has 0 saturated carbocycles. The highest BCUT2D eigenvalue weighted by atomic mass is 19.4. The van der Waals surface area contributed by atoms with E-state index in [1.54, 1.807) is 0 Å². The minimum atomic E-state index is -4.58. The number of hydrogen-bond donors (Lipinski definition) is 6. The van der Waals surface area contributed by atoms with Gasteiger partial charge in [0.15, 0.2) is 6.10 Å². The number of nitrogens with one attached hydrogen (secondary N) is 1. The molecule has 24 heavy (non-hydrogen) atoms. The van der Waals surface area contributed by atoms with Crippen molar-refractivity contribution < 1.29 is 43.5 Å². The monoisotopic (exact) mass is 350 g/mol. The van der Waals surface area contributed by atoms with Gasteiger partial charge in [-0.2, -0.15) is 13.2 Å². The summed E-state index contributed by atoms with van der Waals surface area (Å²) in [7, 11) is 0. The Balaban J connectivity index is 2.29. The third-order valence-electron chi connectivity index (χ3n) is 3.36. The number of imidazole rings is 1. The molecular weight excluding hydrogens is 337 g/mol. The number of carbonyl (C=O) groups is 1. The smallest absolute Gasteiger partial charge is 0.416 e. The molecular formula is C13H13F3N2O6. The van der Waals surface area contributed by atoms with E-state index in [-0.39, 0.29) is 11.0 Å². The zero-order valence-corrected chi connectivity index (χ0v) is 11.8. The number of halogens is 3. The molecule has 8 nitrogen and oxygen atoms in total. The summed E-state index contributed by atoms with van der Waals surface area (Å²) >= 11 is 0. The van der Waals surface area contributed by atoms with Crippen LogP contribution < -0.4 is 0 Å². The highest BCUT2D eigenvalue weighted by Crippen LogP contribution is 2.31. The van der Waals surface area contributed by atoms with Gasteiger partial charge in [-0.25, -0.2) is 9.78 Å². The predicted molar refractivity (Wildman–Crippen MR) is 71.7 cm³/mol. The van der Waals surface area contributed by atoms with Gasteiger partial charge < -0.3 is 30.5 Å². The fourth-order valence-corrected chi connectivity index (χ4v) is 2.03. The Morgan fingerprint density at radius 2 is 1.75 bits per heavy atom. The van der Waals surface area contributed by atoms with Crippen LogP contribution in [0, 0.1) is 0 Å². The highest BCUT2D eigenvalue weighted by Gasteiger charge is 2.36. The van der Waals surface area contributed by atoms with Crippen molar-refractivity contribution >= 4 is 17.0 Å². The van der Waals surface area contributed by atoms with Gasteiger partial charge in [0.1, 0.15) is 24.1 Å². The number of alkyl halides is 3. The first-order valence-electron chi connectivity index (χ1n) is 6.54. The van der Waals surface area contributed by atoms with Crippen LogP contribution in [0.15, 0.2) is 18.2 Å². The molecule has 2 aromatic rings. The molecule has 3 unspecified atom stereocenters. The standard InChI is InChI=1S/C13H13F3N2O6/c14-13(15,16)4-1-2-5-6(3-4)18-11(17-5)9(21)7(19)8(20)10(22)12(23)24/h1-3,7-10,19-22H,(H,17,18)(H,23,24)/t7?,8?,9-,10?/m0/s1. The maximum absolute atomic E-state index is 12.6. The third kappa shape index (κ3) is 3.48. The van der Waals surface area contributed by atoms with Crippen LogP contribution in [-0.2, 0) is 11.0 Å². The fraction of sp³-hybridized carbons (Fsp3) is 0.385. The summed E-state index contributed by atoms with van der Waals surface area (Å²) in [5.41, 5.74) is -0.988. The normalized spacial score (nSPS) is 17.5. The maximum atomic E-state index is 12.6. The second-order valence-electron chi connectivity index (χ2n) is 5.06. The Bertz CT molecular complexity index is 747. The molecule has 4 atom stereocenters. The Hall–Kier alpha value is -2.21. The van der Waals surface area contributed by atoms with E-state index in [4.69, 9.17) is 10.2 Å². The van der Waals surface area contributed by atoms with Crippen molar-refractivity contribution in [3.05, 3.63) is 29.6 Å². The number of aromatic amines is 1. The van der Waals surface area contributed by atoms with E-state index >= 15 is 0 Å². The predicted octanol–water partition coefficient (Wildman–Crippen LogP) is -0.218. The van der Waals surface area contributed by atoms with Gasteiger partial charge in [0.05, 0.1) is 16.6 Å². The molecule has 2 rings (SSSR count). The van der Waals surface area contributed by atoms with Crippen molar-refractivity contribution in [3.63, 3.8) is 0 Å². The topological polar surface area (TPSA) is 147 Å². The van der Waals surface area contributed by atoms with E-state index in [0.29, 0.717) is 0 Å². The summed E-state index contributed by atoms with van der Waals surface area (Å²) in [4.78, 5) is 16.7. The number of hydrogen-bond acceptors (Lipinski definition) is 6. The van der Waals surface area contributed by atoms with Crippen LogP contribution in [0.1, 0.15) is 17.5 Å². The maximum Gasteiger partial charge on any atom is 0.416 e. The first-order chi connectivity index (χ1) is 11.0. The number of carboxylic acids is 1. The van der Waals surface area contributed by atoms with Crippen LogP contribution in [0.4, 0.5) is 13.2 Å². The molecule has 0 bridgehead atoms. The Morgan fingerprint density at radius 3 is 2.29 bits per heavy atom. The second-order valence-corrected chi connectivity index (χ2v) is 5.06. The van der Waals surface area contributed by atoms with Crippen LogP contribution >= 0.6 is 0 Å². The van der Waals surface area contributed by atoms with E-state index in [9.17, 15) is 33.3 Å². The summed E-state index contributed by atoms with van der Waals surface area (Å²) in [5, 5.41) is 46.8. The lowest BCUT2D eigenvalue weighted by Gasteiger charge is -2.23. The lowest BCUT2D eigenvalue weighted by Crippen LogP contribution is -2.45.